The number of ether oxygens (including phenoxy) is 2. The van der Waals surface area contributed by atoms with Gasteiger partial charge < -0.3 is 19.2 Å². The second-order valence-corrected chi connectivity index (χ2v) is 4.34. The van der Waals surface area contributed by atoms with Crippen LogP contribution in [0.1, 0.15) is 11.5 Å². The van der Waals surface area contributed by atoms with Crippen molar-refractivity contribution < 1.29 is 18.7 Å². The second-order valence-electron chi connectivity index (χ2n) is 4.34. The van der Waals surface area contributed by atoms with Crippen molar-refractivity contribution in [2.75, 3.05) is 19.5 Å². The fourth-order valence-corrected chi connectivity index (χ4v) is 1.78. The van der Waals surface area contributed by atoms with Gasteiger partial charge in [0.25, 0.3) is 0 Å². The van der Waals surface area contributed by atoms with Gasteiger partial charge in [-0.2, -0.15) is 0 Å². The standard InChI is InChI=1S/C16H17NO4/c1-11-4-5-12(21-11)7-9-16(18)17-14-8-6-13(19-2)10-15(14)20-3/h4-10H,1-3H3,(H,17,18)/b9-7+. The molecule has 0 aliphatic heterocycles. The zero-order valence-corrected chi connectivity index (χ0v) is 12.2. The summed E-state index contributed by atoms with van der Waals surface area (Å²) >= 11 is 0. The maximum atomic E-state index is 11.9. The van der Waals surface area contributed by atoms with Gasteiger partial charge in [-0.25, -0.2) is 0 Å². The molecular weight excluding hydrogens is 270 g/mol. The molecule has 21 heavy (non-hydrogen) atoms. The number of benzene rings is 1. The molecule has 110 valence electrons. The Balaban J connectivity index is 2.07. The number of furan rings is 1. The fourth-order valence-electron chi connectivity index (χ4n) is 1.78. The molecule has 0 aliphatic rings. The summed E-state index contributed by atoms with van der Waals surface area (Å²) in [5.74, 6) is 2.35. The van der Waals surface area contributed by atoms with E-state index >= 15 is 0 Å². The van der Waals surface area contributed by atoms with E-state index in [2.05, 4.69) is 5.32 Å². The van der Waals surface area contributed by atoms with Crippen LogP contribution in [0.5, 0.6) is 11.5 Å². The Morgan fingerprint density at radius 3 is 2.62 bits per heavy atom. The van der Waals surface area contributed by atoms with E-state index in [0.717, 1.165) is 5.76 Å². The number of carbonyl (C=O) groups excluding carboxylic acids is 1. The average Bonchev–Trinajstić information content (AvgIpc) is 2.91. The zero-order valence-electron chi connectivity index (χ0n) is 12.2. The van der Waals surface area contributed by atoms with Crippen LogP contribution in [0.2, 0.25) is 0 Å². The predicted octanol–water partition coefficient (Wildman–Crippen LogP) is 3.26. The van der Waals surface area contributed by atoms with E-state index < -0.39 is 0 Å². The lowest BCUT2D eigenvalue weighted by Gasteiger charge is -2.10. The van der Waals surface area contributed by atoms with Gasteiger partial charge in [0.05, 0.1) is 19.9 Å². The van der Waals surface area contributed by atoms with E-state index in [1.165, 1.54) is 13.2 Å². The number of carbonyl (C=O) groups is 1. The summed E-state index contributed by atoms with van der Waals surface area (Å²) < 4.78 is 15.7. The number of rotatable bonds is 5. The Hall–Kier alpha value is -2.69. The summed E-state index contributed by atoms with van der Waals surface area (Å²) in [6.45, 7) is 1.85. The van der Waals surface area contributed by atoms with Crippen LogP contribution in [0.3, 0.4) is 0 Å². The van der Waals surface area contributed by atoms with Crippen LogP contribution < -0.4 is 14.8 Å². The molecule has 1 aromatic carbocycles. The molecule has 0 radical (unpaired) electrons. The monoisotopic (exact) mass is 287 g/mol. The molecule has 1 amide bonds. The minimum atomic E-state index is -0.271. The van der Waals surface area contributed by atoms with Gasteiger partial charge in [0, 0.05) is 12.1 Å². The number of aryl methyl sites for hydroxylation is 1. The summed E-state index contributed by atoms with van der Waals surface area (Å²) in [6.07, 6.45) is 3.01. The Bertz CT molecular complexity index is 658. The molecule has 0 bridgehead atoms. The molecule has 0 spiro atoms. The van der Waals surface area contributed by atoms with Gasteiger partial charge in [0.15, 0.2) is 0 Å². The van der Waals surface area contributed by atoms with E-state index in [4.69, 9.17) is 13.9 Å². The van der Waals surface area contributed by atoms with E-state index in [0.29, 0.717) is 22.9 Å². The quantitative estimate of drug-likeness (QED) is 0.857. The van der Waals surface area contributed by atoms with Crippen LogP contribution in [0.25, 0.3) is 6.08 Å². The van der Waals surface area contributed by atoms with Crippen molar-refractivity contribution in [1.82, 2.24) is 0 Å². The molecule has 0 fully saturated rings. The van der Waals surface area contributed by atoms with Gasteiger partial charge in [-0.1, -0.05) is 0 Å². The molecule has 2 aromatic rings. The zero-order chi connectivity index (χ0) is 15.2. The molecule has 0 atom stereocenters. The van der Waals surface area contributed by atoms with Crippen molar-refractivity contribution in [3.8, 4) is 11.5 Å². The summed E-state index contributed by atoms with van der Waals surface area (Å²) in [5.41, 5.74) is 0.573. The van der Waals surface area contributed by atoms with Crippen molar-refractivity contribution in [3.63, 3.8) is 0 Å². The van der Waals surface area contributed by atoms with Crippen molar-refractivity contribution in [3.05, 3.63) is 47.9 Å². The molecule has 2 rings (SSSR count). The van der Waals surface area contributed by atoms with Gasteiger partial charge in [-0.3, -0.25) is 4.79 Å². The first-order valence-electron chi connectivity index (χ1n) is 6.40. The van der Waals surface area contributed by atoms with Crippen LogP contribution in [0, 0.1) is 6.92 Å². The van der Waals surface area contributed by atoms with Gasteiger partial charge in [0.1, 0.15) is 23.0 Å². The van der Waals surface area contributed by atoms with Crippen LogP contribution in [-0.4, -0.2) is 20.1 Å². The first kappa shape index (κ1) is 14.7. The van der Waals surface area contributed by atoms with Gasteiger partial charge >= 0.3 is 0 Å². The van der Waals surface area contributed by atoms with Crippen LogP contribution >= 0.6 is 0 Å². The highest BCUT2D eigenvalue weighted by Gasteiger charge is 2.07. The predicted molar refractivity (Wildman–Crippen MR) is 80.7 cm³/mol. The van der Waals surface area contributed by atoms with Crippen LogP contribution in [0.4, 0.5) is 5.69 Å². The summed E-state index contributed by atoms with van der Waals surface area (Å²) in [6, 6.07) is 8.81. The molecule has 0 saturated carbocycles. The highest BCUT2D eigenvalue weighted by atomic mass is 16.5. The number of anilines is 1. The SMILES string of the molecule is COc1ccc(NC(=O)/C=C/c2ccc(C)o2)c(OC)c1. The van der Waals surface area contributed by atoms with Crippen molar-refractivity contribution in [2.24, 2.45) is 0 Å². The molecule has 1 N–H and O–H groups in total. The van der Waals surface area contributed by atoms with Crippen LogP contribution in [-0.2, 0) is 4.79 Å². The molecular formula is C16H17NO4. The highest BCUT2D eigenvalue weighted by Crippen LogP contribution is 2.28. The fraction of sp³-hybridized carbons (Fsp3) is 0.188. The molecule has 5 nitrogen and oxygen atoms in total. The normalized spacial score (nSPS) is 10.6. The number of methoxy groups -OCH3 is 2. The third-order valence-electron chi connectivity index (χ3n) is 2.83. The van der Waals surface area contributed by atoms with Crippen molar-refractivity contribution in [2.45, 2.75) is 6.92 Å². The van der Waals surface area contributed by atoms with Crippen molar-refractivity contribution >= 4 is 17.7 Å². The molecule has 0 saturated heterocycles. The third kappa shape index (κ3) is 3.89. The first-order chi connectivity index (χ1) is 10.1. The molecule has 0 aliphatic carbocycles. The summed E-state index contributed by atoms with van der Waals surface area (Å²) in [4.78, 5) is 11.9. The maximum absolute atomic E-state index is 11.9. The Labute approximate surface area is 123 Å². The van der Waals surface area contributed by atoms with Gasteiger partial charge in [-0.15, -0.1) is 0 Å². The first-order valence-corrected chi connectivity index (χ1v) is 6.40. The minimum Gasteiger partial charge on any atom is -0.497 e. The molecule has 1 aromatic heterocycles. The lowest BCUT2D eigenvalue weighted by Crippen LogP contribution is -2.08. The third-order valence-corrected chi connectivity index (χ3v) is 2.83. The van der Waals surface area contributed by atoms with Crippen LogP contribution in [0.15, 0.2) is 40.8 Å². The lowest BCUT2D eigenvalue weighted by molar-refractivity contribution is -0.111. The van der Waals surface area contributed by atoms with E-state index in [-0.39, 0.29) is 5.91 Å². The number of hydrogen-bond donors (Lipinski definition) is 1. The minimum absolute atomic E-state index is 0.271. The summed E-state index contributed by atoms with van der Waals surface area (Å²) in [5, 5.41) is 2.74. The Morgan fingerprint density at radius 1 is 1.19 bits per heavy atom. The van der Waals surface area contributed by atoms with Crippen molar-refractivity contribution in [1.29, 1.82) is 0 Å². The molecule has 5 heteroatoms. The summed E-state index contributed by atoms with van der Waals surface area (Å²) in [7, 11) is 3.10. The topological polar surface area (TPSA) is 60.7 Å². The van der Waals surface area contributed by atoms with E-state index in [1.54, 1.807) is 37.5 Å². The smallest absolute Gasteiger partial charge is 0.248 e. The number of nitrogens with one attached hydrogen (secondary N) is 1. The number of hydrogen-bond acceptors (Lipinski definition) is 4. The Kier molecular flexibility index (Phi) is 4.66. The number of amides is 1. The largest absolute Gasteiger partial charge is 0.497 e. The van der Waals surface area contributed by atoms with Gasteiger partial charge in [0.2, 0.25) is 5.91 Å². The molecule has 1 heterocycles. The van der Waals surface area contributed by atoms with Gasteiger partial charge in [-0.05, 0) is 37.3 Å². The molecule has 0 unspecified atom stereocenters. The Morgan fingerprint density at radius 2 is 2.00 bits per heavy atom. The average molecular weight is 287 g/mol. The lowest BCUT2D eigenvalue weighted by atomic mass is 10.2. The highest BCUT2D eigenvalue weighted by molar-refractivity contribution is 6.02. The maximum Gasteiger partial charge on any atom is 0.248 e. The van der Waals surface area contributed by atoms with E-state index in [1.807, 2.05) is 13.0 Å². The van der Waals surface area contributed by atoms with E-state index in [9.17, 15) is 4.79 Å². The second kappa shape index (κ2) is 6.65.